The first-order valence-corrected chi connectivity index (χ1v) is 7.81. The van der Waals surface area contributed by atoms with Crippen molar-refractivity contribution in [2.24, 2.45) is 23.0 Å². The van der Waals surface area contributed by atoms with Gasteiger partial charge in [0.25, 0.3) is 0 Å². The van der Waals surface area contributed by atoms with Crippen LogP contribution in [0.15, 0.2) is 24.4 Å². The number of nitrogens with zero attached hydrogens (tertiary/aromatic N) is 1. The fraction of sp³-hybridized carbons (Fsp3) is 0.647. The molecule has 1 aromatic rings. The minimum absolute atomic E-state index is 0.0125. The zero-order chi connectivity index (χ0) is 15.6. The van der Waals surface area contributed by atoms with Crippen molar-refractivity contribution >= 4 is 5.91 Å². The van der Waals surface area contributed by atoms with Crippen molar-refractivity contribution in [3.8, 4) is 0 Å². The number of carbonyl (C=O) groups excluding carboxylic acids is 1. The second-order valence-electron chi connectivity index (χ2n) is 6.89. The van der Waals surface area contributed by atoms with Crippen LogP contribution >= 0.6 is 0 Å². The van der Waals surface area contributed by atoms with Crippen molar-refractivity contribution in [3.05, 3.63) is 30.1 Å². The largest absolute Gasteiger partial charge is 0.348 e. The number of hydrogen-bond donors (Lipinski definition) is 2. The molecule has 1 fully saturated rings. The maximum atomic E-state index is 12.7. The Bertz CT molecular complexity index is 486. The molecule has 1 aliphatic carbocycles. The van der Waals surface area contributed by atoms with E-state index in [2.05, 4.69) is 31.1 Å². The smallest absolute Gasteiger partial charge is 0.224 e. The molecule has 4 nitrogen and oxygen atoms in total. The summed E-state index contributed by atoms with van der Waals surface area (Å²) in [5, 5.41) is 3.11. The number of hydrogen-bond acceptors (Lipinski definition) is 3. The molecular formula is C17H27N3O. The van der Waals surface area contributed by atoms with Gasteiger partial charge in [0.15, 0.2) is 0 Å². The first kappa shape index (κ1) is 16.0. The van der Waals surface area contributed by atoms with Crippen molar-refractivity contribution in [2.75, 3.05) is 0 Å². The number of nitrogens with one attached hydrogen (secondary N) is 1. The van der Waals surface area contributed by atoms with E-state index in [9.17, 15) is 4.79 Å². The van der Waals surface area contributed by atoms with E-state index < -0.39 is 0 Å². The van der Waals surface area contributed by atoms with Crippen LogP contribution in [0, 0.1) is 17.3 Å². The highest BCUT2D eigenvalue weighted by Crippen LogP contribution is 2.44. The highest BCUT2D eigenvalue weighted by Gasteiger charge is 2.45. The molecular weight excluding hydrogens is 262 g/mol. The second-order valence-corrected chi connectivity index (χ2v) is 6.89. The number of carbonyl (C=O) groups is 1. The van der Waals surface area contributed by atoms with Gasteiger partial charge in [0.05, 0.1) is 11.7 Å². The van der Waals surface area contributed by atoms with E-state index in [1.54, 1.807) is 6.20 Å². The van der Waals surface area contributed by atoms with Gasteiger partial charge in [-0.25, -0.2) is 0 Å². The molecule has 116 valence electrons. The Hall–Kier alpha value is -1.42. The highest BCUT2D eigenvalue weighted by molar-refractivity contribution is 5.80. The molecule has 1 amide bonds. The number of rotatable bonds is 3. The third-order valence-electron chi connectivity index (χ3n) is 5.31. The van der Waals surface area contributed by atoms with Crippen molar-refractivity contribution in [3.63, 3.8) is 0 Å². The van der Waals surface area contributed by atoms with Gasteiger partial charge >= 0.3 is 0 Å². The van der Waals surface area contributed by atoms with Gasteiger partial charge in [-0.3, -0.25) is 9.78 Å². The van der Waals surface area contributed by atoms with Gasteiger partial charge in [0.1, 0.15) is 0 Å². The summed E-state index contributed by atoms with van der Waals surface area (Å²) < 4.78 is 0. The van der Waals surface area contributed by atoms with Crippen LogP contribution < -0.4 is 11.1 Å². The molecule has 0 spiro atoms. The minimum Gasteiger partial charge on any atom is -0.348 e. The lowest BCUT2D eigenvalue weighted by Gasteiger charge is -2.46. The Labute approximate surface area is 127 Å². The summed E-state index contributed by atoms with van der Waals surface area (Å²) in [6, 6.07) is 5.88. The molecule has 1 saturated carbocycles. The molecule has 1 aliphatic rings. The highest BCUT2D eigenvalue weighted by atomic mass is 16.2. The van der Waals surface area contributed by atoms with E-state index in [1.165, 1.54) is 0 Å². The SMILES string of the molecule is CC1C(N)CCC(C(=O)N[C@@H](C)c2ccccn2)C1(C)C. The van der Waals surface area contributed by atoms with E-state index in [4.69, 9.17) is 5.73 Å². The Morgan fingerprint density at radius 2 is 2.14 bits per heavy atom. The standard InChI is InChI=1S/C17H27N3O/c1-11-14(18)9-8-13(17(11,3)4)16(21)20-12(2)15-7-5-6-10-19-15/h5-7,10-14H,8-9,18H2,1-4H3,(H,20,21)/t11?,12-,13?,14?/m0/s1. The first-order valence-electron chi connectivity index (χ1n) is 7.81. The molecule has 3 unspecified atom stereocenters. The van der Waals surface area contributed by atoms with Crippen LogP contribution in [0.2, 0.25) is 0 Å². The first-order chi connectivity index (χ1) is 9.84. The average Bonchev–Trinajstić information content (AvgIpc) is 2.45. The van der Waals surface area contributed by atoms with Crippen LogP contribution in [0.3, 0.4) is 0 Å². The van der Waals surface area contributed by atoms with E-state index in [0.717, 1.165) is 18.5 Å². The molecule has 1 aromatic heterocycles. The zero-order valence-electron chi connectivity index (χ0n) is 13.5. The van der Waals surface area contributed by atoms with Crippen LogP contribution in [0.25, 0.3) is 0 Å². The molecule has 0 radical (unpaired) electrons. The second kappa shape index (κ2) is 6.14. The summed E-state index contributed by atoms with van der Waals surface area (Å²) in [6.45, 7) is 8.45. The molecule has 1 heterocycles. The van der Waals surface area contributed by atoms with Gasteiger partial charge in [-0.15, -0.1) is 0 Å². The fourth-order valence-electron chi connectivity index (χ4n) is 3.34. The molecule has 4 atom stereocenters. The van der Waals surface area contributed by atoms with Crippen LogP contribution in [-0.4, -0.2) is 16.9 Å². The Kier molecular flexibility index (Phi) is 4.67. The van der Waals surface area contributed by atoms with E-state index in [-0.39, 0.29) is 29.3 Å². The summed E-state index contributed by atoms with van der Waals surface area (Å²) in [5.74, 6) is 0.475. The summed E-state index contributed by atoms with van der Waals surface area (Å²) in [7, 11) is 0. The maximum Gasteiger partial charge on any atom is 0.224 e. The van der Waals surface area contributed by atoms with Gasteiger partial charge in [-0.2, -0.15) is 0 Å². The number of pyridine rings is 1. The quantitative estimate of drug-likeness (QED) is 0.899. The topological polar surface area (TPSA) is 68.0 Å². The van der Waals surface area contributed by atoms with Crippen LogP contribution in [0.4, 0.5) is 0 Å². The minimum atomic E-state index is -0.0778. The summed E-state index contributed by atoms with van der Waals surface area (Å²) in [5.41, 5.74) is 6.98. The molecule has 0 aromatic carbocycles. The lowest BCUT2D eigenvalue weighted by atomic mass is 9.61. The van der Waals surface area contributed by atoms with Gasteiger partial charge in [-0.05, 0) is 43.2 Å². The Balaban J connectivity index is 2.06. The van der Waals surface area contributed by atoms with Crippen molar-refractivity contribution in [1.82, 2.24) is 10.3 Å². The van der Waals surface area contributed by atoms with Gasteiger partial charge < -0.3 is 11.1 Å². The maximum absolute atomic E-state index is 12.7. The van der Waals surface area contributed by atoms with Crippen molar-refractivity contribution in [2.45, 2.75) is 52.6 Å². The zero-order valence-corrected chi connectivity index (χ0v) is 13.5. The lowest BCUT2D eigenvalue weighted by Crippen LogP contribution is -2.51. The third kappa shape index (κ3) is 3.26. The third-order valence-corrected chi connectivity index (χ3v) is 5.31. The van der Waals surface area contributed by atoms with Crippen LogP contribution in [-0.2, 0) is 4.79 Å². The summed E-state index contributed by atoms with van der Waals surface area (Å²) in [6.07, 6.45) is 3.53. The monoisotopic (exact) mass is 289 g/mol. The predicted octanol–water partition coefficient (Wildman–Crippen LogP) is 2.66. The Morgan fingerprint density at radius 1 is 1.43 bits per heavy atom. The number of aromatic nitrogens is 1. The summed E-state index contributed by atoms with van der Waals surface area (Å²) in [4.78, 5) is 17.0. The molecule has 4 heteroatoms. The molecule has 3 N–H and O–H groups in total. The number of amides is 1. The van der Waals surface area contributed by atoms with E-state index >= 15 is 0 Å². The summed E-state index contributed by atoms with van der Waals surface area (Å²) >= 11 is 0. The van der Waals surface area contributed by atoms with Gasteiger partial charge in [-0.1, -0.05) is 26.8 Å². The van der Waals surface area contributed by atoms with Crippen LogP contribution in [0.5, 0.6) is 0 Å². The van der Waals surface area contributed by atoms with Crippen molar-refractivity contribution in [1.29, 1.82) is 0 Å². The van der Waals surface area contributed by atoms with E-state index in [0.29, 0.717) is 5.92 Å². The molecule has 0 saturated heterocycles. The predicted molar refractivity (Wildman–Crippen MR) is 84.4 cm³/mol. The fourth-order valence-corrected chi connectivity index (χ4v) is 3.34. The molecule has 2 rings (SSSR count). The van der Waals surface area contributed by atoms with Crippen molar-refractivity contribution < 1.29 is 4.79 Å². The molecule has 21 heavy (non-hydrogen) atoms. The molecule has 0 aliphatic heterocycles. The van der Waals surface area contributed by atoms with Gasteiger partial charge in [0, 0.05) is 18.2 Å². The average molecular weight is 289 g/mol. The molecule has 0 bridgehead atoms. The Morgan fingerprint density at radius 3 is 2.76 bits per heavy atom. The van der Waals surface area contributed by atoms with Crippen LogP contribution in [0.1, 0.15) is 52.3 Å². The van der Waals surface area contributed by atoms with Gasteiger partial charge in [0.2, 0.25) is 5.91 Å². The lowest BCUT2D eigenvalue weighted by molar-refractivity contribution is -0.133. The number of nitrogens with two attached hydrogens (primary N) is 1. The normalized spacial score (nSPS) is 29.7. The van der Waals surface area contributed by atoms with E-state index in [1.807, 2.05) is 25.1 Å².